The van der Waals surface area contributed by atoms with Crippen molar-refractivity contribution in [3.05, 3.63) is 0 Å². The predicted molar refractivity (Wildman–Crippen MR) is 295 cm³/mol. The van der Waals surface area contributed by atoms with Crippen LogP contribution in [0.5, 0.6) is 0 Å². The van der Waals surface area contributed by atoms with Crippen LogP contribution >= 0.6 is 0 Å². The summed E-state index contributed by atoms with van der Waals surface area (Å²) in [6, 6.07) is -0.745. The number of terminal acetylenes is 1. The first-order valence-corrected chi connectivity index (χ1v) is 25.5. The van der Waals surface area contributed by atoms with E-state index in [-0.39, 0.29) is 63.3 Å². The zero-order chi connectivity index (χ0) is 44.0. The first kappa shape index (κ1) is 51.5. The van der Waals surface area contributed by atoms with Crippen molar-refractivity contribution in [2.45, 2.75) is 141 Å². The van der Waals surface area contributed by atoms with Gasteiger partial charge in [-0.3, -0.25) is 4.79 Å². The fraction of sp³-hybridized carbons (Fsp3) is 0.510. The Hall–Kier alpha value is -5.54. The second-order valence-corrected chi connectivity index (χ2v) is 26.1. The molecule has 1 amide bonds. The topological polar surface area (TPSA) is 77.0 Å². The van der Waals surface area contributed by atoms with Crippen molar-refractivity contribution in [2.24, 2.45) is 5.92 Å². The van der Waals surface area contributed by atoms with E-state index in [4.69, 9.17) is 20.0 Å². The van der Waals surface area contributed by atoms with E-state index in [2.05, 4.69) is 209 Å². The number of hydrogen-bond donors (Lipinski definition) is 2. The molecule has 2 N–H and O–H groups in total. The smallest absolute Gasteiger partial charge is 0.232 e. The Kier molecular flexibility index (Phi) is 24.4. The minimum absolute atomic E-state index is 0. The first-order valence-electron chi connectivity index (χ1n) is 19.7. The molecule has 1 aliphatic carbocycles. The fourth-order valence-electron chi connectivity index (χ4n) is 4.90. The van der Waals surface area contributed by atoms with Crippen LogP contribution in [-0.4, -0.2) is 65.7 Å². The standard InChI is InChI=1S/C51H57NO5Si2.24H2/c1-12-13-14-15-16-17-18-19-20-21-22-23-24-25-26-27-28-29-30-31-32-33-37-40-48(54)52-46(43-53)49(57-59(10,11)51(5,6)7)47(56-58(8,9)50(2,3)4)44-55-42-41-45-38-35-34-36-39-45;;;;;;;;;;;;;;;;;;;;;;;;/h1,45-47,49,53H,34-36,38-44H2,2-11H3,(H,52,54);24*1H/t46-,47+,49-;;;;;;;;;;;;;;;;;;;;;;;;/m0......................../s1. The molecule has 0 spiro atoms. The molecule has 1 saturated carbocycles. The van der Waals surface area contributed by atoms with E-state index in [0.29, 0.717) is 19.1 Å². The van der Waals surface area contributed by atoms with E-state index >= 15 is 0 Å². The molecule has 3 atom stereocenters. The summed E-state index contributed by atoms with van der Waals surface area (Å²) in [4.78, 5) is 13.2. The number of amides is 1. The number of hydrogen-bond acceptors (Lipinski definition) is 5. The summed E-state index contributed by atoms with van der Waals surface area (Å²) in [5.41, 5.74) is 0. The maximum Gasteiger partial charge on any atom is 0.232 e. The Morgan fingerprint density at radius 3 is 1.49 bits per heavy atom. The second-order valence-electron chi connectivity index (χ2n) is 16.6. The normalized spacial score (nSPS) is 13.2. The lowest BCUT2D eigenvalue weighted by molar-refractivity contribution is -0.123. The summed E-state index contributed by atoms with van der Waals surface area (Å²) >= 11 is 0. The zero-order valence-corrected chi connectivity index (χ0v) is 38.5. The van der Waals surface area contributed by atoms with Crippen molar-refractivity contribution >= 4 is 22.5 Å². The molecule has 1 fully saturated rings. The third-order valence-corrected chi connectivity index (χ3v) is 19.1. The van der Waals surface area contributed by atoms with E-state index in [1.54, 1.807) is 0 Å². The highest BCUT2D eigenvalue weighted by Crippen LogP contribution is 2.41. The molecule has 0 aromatic rings. The second kappa shape index (κ2) is 28.0. The lowest BCUT2D eigenvalue weighted by atomic mass is 9.87. The molecule has 8 heteroatoms. The zero-order valence-electron chi connectivity index (χ0n) is 36.5. The van der Waals surface area contributed by atoms with Crippen LogP contribution in [0.1, 0.15) is 121 Å². The van der Waals surface area contributed by atoms with Gasteiger partial charge in [-0.25, -0.2) is 0 Å². The Bertz CT molecular complexity index is 2270. The molecular formula is C51H105NO5Si2. The molecule has 59 heavy (non-hydrogen) atoms. The quantitative estimate of drug-likeness (QED) is 0.103. The molecular weight excluding hydrogens is 763 g/mol. The van der Waals surface area contributed by atoms with Gasteiger partial charge in [0.25, 0.3) is 0 Å². The number of nitrogens with one attached hydrogen (secondary N) is 1. The molecule has 0 aliphatic heterocycles. The third kappa shape index (κ3) is 22.9. The molecule has 352 valence electrons. The number of ether oxygens (including phenoxy) is 1. The van der Waals surface area contributed by atoms with Crippen LogP contribution in [0.4, 0.5) is 0 Å². The number of carbonyl (C=O) groups excluding carboxylic acids is 1. The van der Waals surface area contributed by atoms with Crippen molar-refractivity contribution in [3.8, 4) is 143 Å². The molecule has 0 heterocycles. The largest absolute Gasteiger partial charge is 0.409 e. The van der Waals surface area contributed by atoms with Gasteiger partial charge in [0.15, 0.2) is 16.6 Å². The van der Waals surface area contributed by atoms with Gasteiger partial charge in [0.05, 0.1) is 37.9 Å². The summed E-state index contributed by atoms with van der Waals surface area (Å²) in [6.45, 7) is 22.4. The van der Waals surface area contributed by atoms with Crippen molar-refractivity contribution in [2.75, 3.05) is 19.8 Å². The van der Waals surface area contributed by atoms with E-state index in [9.17, 15) is 9.90 Å². The van der Waals surface area contributed by atoms with Gasteiger partial charge in [-0.2, -0.15) is 0 Å². The van der Waals surface area contributed by atoms with Crippen molar-refractivity contribution in [3.63, 3.8) is 0 Å². The molecule has 0 unspecified atom stereocenters. The summed E-state index contributed by atoms with van der Waals surface area (Å²) in [5.74, 6) is 58.1. The van der Waals surface area contributed by atoms with Gasteiger partial charge in [-0.05, 0) is 143 Å². The molecule has 0 radical (unpaired) electrons. The summed E-state index contributed by atoms with van der Waals surface area (Å²) in [7, 11) is -4.75. The highest BCUT2D eigenvalue weighted by molar-refractivity contribution is 6.74. The van der Waals surface area contributed by atoms with E-state index in [1.807, 2.05) is 0 Å². The van der Waals surface area contributed by atoms with Crippen molar-refractivity contribution < 1.29 is 57.7 Å². The lowest BCUT2D eigenvalue weighted by Crippen LogP contribution is -2.60. The monoisotopic (exact) mass is 868 g/mol. The van der Waals surface area contributed by atoms with Crippen LogP contribution in [0.15, 0.2) is 0 Å². The SMILES string of the molecule is C#CC#CC#CC#CC#CC#CC#CC#CC#CC#CC#CC#CCC(=O)N[C@@H](CO)[C@H](O[Si](C)(C)C(C)(C)C)[C@@H](COCCC1CCCCC1)O[Si](C)(C)C(C)(C)C.[HH].[HH].[HH].[HH].[HH].[HH].[HH].[HH].[HH].[HH].[HH].[HH].[HH].[HH].[HH].[HH].[HH].[HH].[HH].[HH].[HH].[HH].[HH].[HH]. The Balaban J connectivity index is -0.0000000659. The highest BCUT2D eigenvalue weighted by Gasteiger charge is 2.47. The van der Waals surface area contributed by atoms with Crippen molar-refractivity contribution in [1.29, 1.82) is 0 Å². The summed E-state index contributed by atoms with van der Waals surface area (Å²) in [6.07, 6.45) is 11.1. The molecule has 6 nitrogen and oxygen atoms in total. The Labute approximate surface area is 394 Å². The van der Waals surface area contributed by atoms with Gasteiger partial charge >= 0.3 is 0 Å². The number of aliphatic hydroxyl groups is 1. The van der Waals surface area contributed by atoms with Gasteiger partial charge in [0, 0.05) is 76.4 Å². The van der Waals surface area contributed by atoms with Crippen molar-refractivity contribution in [1.82, 2.24) is 5.32 Å². The molecule has 1 aliphatic rings. The first-order chi connectivity index (χ1) is 27.9. The molecule has 0 saturated heterocycles. The van der Waals surface area contributed by atoms with Crippen LogP contribution in [-0.2, 0) is 18.4 Å². The van der Waals surface area contributed by atoms with Gasteiger partial charge in [0.1, 0.15) is 0 Å². The fourth-order valence-corrected chi connectivity index (χ4v) is 7.56. The number of carbonyl (C=O) groups is 1. The molecule has 1 rings (SSSR count). The maximum atomic E-state index is 13.2. The van der Waals surface area contributed by atoms with Gasteiger partial charge in [-0.1, -0.05) is 79.6 Å². The average Bonchev–Trinajstić information content (AvgIpc) is 3.17. The van der Waals surface area contributed by atoms with Crippen LogP contribution in [0.2, 0.25) is 36.3 Å². The Morgan fingerprint density at radius 1 is 0.678 bits per heavy atom. The summed E-state index contributed by atoms with van der Waals surface area (Å²) in [5, 5.41) is 13.6. The maximum absolute atomic E-state index is 13.2. The average molecular weight is 869 g/mol. The number of aliphatic hydroxyl groups excluding tert-OH is 1. The van der Waals surface area contributed by atoms with Crippen LogP contribution in [0, 0.1) is 149 Å². The minimum atomic E-state index is -2.41. The van der Waals surface area contributed by atoms with Crippen LogP contribution in [0.25, 0.3) is 0 Å². The molecule has 0 bridgehead atoms. The van der Waals surface area contributed by atoms with Crippen LogP contribution in [0.3, 0.4) is 0 Å². The molecule has 0 aromatic heterocycles. The Morgan fingerprint density at radius 2 is 1.08 bits per heavy atom. The highest BCUT2D eigenvalue weighted by atomic mass is 28.4. The van der Waals surface area contributed by atoms with E-state index < -0.39 is 34.9 Å². The lowest BCUT2D eigenvalue weighted by Gasteiger charge is -2.46. The minimum Gasteiger partial charge on any atom is -0.409 e. The van der Waals surface area contributed by atoms with E-state index in [0.717, 1.165) is 6.42 Å². The van der Waals surface area contributed by atoms with Crippen LogP contribution < -0.4 is 5.32 Å². The van der Waals surface area contributed by atoms with Gasteiger partial charge in [0.2, 0.25) is 5.91 Å². The summed E-state index contributed by atoms with van der Waals surface area (Å²) < 4.78 is 20.4. The molecule has 0 aromatic carbocycles. The van der Waals surface area contributed by atoms with Gasteiger partial charge < -0.3 is 24.0 Å². The third-order valence-electron chi connectivity index (χ3n) is 10.1. The van der Waals surface area contributed by atoms with E-state index in [1.165, 1.54) is 32.1 Å². The number of rotatable bonds is 14. The van der Waals surface area contributed by atoms with Gasteiger partial charge in [-0.15, -0.1) is 6.42 Å². The predicted octanol–water partition coefficient (Wildman–Crippen LogP) is 12.2.